The van der Waals surface area contributed by atoms with Crippen molar-refractivity contribution in [2.24, 2.45) is 0 Å². The molecule has 0 fully saturated rings. The van der Waals surface area contributed by atoms with Gasteiger partial charge >= 0.3 is 5.97 Å². The molecule has 37 heavy (non-hydrogen) atoms. The highest BCUT2D eigenvalue weighted by atomic mass is 35.5. The van der Waals surface area contributed by atoms with Gasteiger partial charge in [-0.3, -0.25) is 9.10 Å². The summed E-state index contributed by atoms with van der Waals surface area (Å²) in [6.45, 7) is 1.04. The zero-order valence-corrected chi connectivity index (χ0v) is 21.7. The van der Waals surface area contributed by atoms with E-state index in [9.17, 15) is 22.4 Å². The van der Waals surface area contributed by atoms with Crippen LogP contribution in [0.3, 0.4) is 0 Å². The molecule has 0 saturated carbocycles. The second-order valence-corrected chi connectivity index (χ2v) is 9.71. The number of nitrogens with one attached hydrogen (secondary N) is 1. The molecule has 0 atom stereocenters. The lowest BCUT2D eigenvalue weighted by Gasteiger charge is -2.25. The minimum absolute atomic E-state index is 0.0279. The van der Waals surface area contributed by atoms with Crippen molar-refractivity contribution in [1.29, 1.82) is 0 Å². The second-order valence-electron chi connectivity index (χ2n) is 7.44. The number of rotatable bonds is 10. The highest BCUT2D eigenvalue weighted by molar-refractivity contribution is 7.92. The number of carbonyl (C=O) groups is 2. The predicted octanol–water partition coefficient (Wildman–Crippen LogP) is 4.51. The first-order valence-corrected chi connectivity index (χ1v) is 12.7. The first-order valence-electron chi connectivity index (χ1n) is 10.9. The summed E-state index contributed by atoms with van der Waals surface area (Å²) >= 11 is 6.14. The normalized spacial score (nSPS) is 10.9. The number of sulfonamides is 1. The molecular formula is C25H24ClFN2O7S. The Morgan fingerprint density at radius 3 is 2.32 bits per heavy atom. The summed E-state index contributed by atoms with van der Waals surface area (Å²) in [6, 6.07) is 13.1. The van der Waals surface area contributed by atoms with Gasteiger partial charge < -0.3 is 19.5 Å². The average molecular weight is 551 g/mol. The SMILES string of the molecule is CCOC(=O)c1ccc(NC(=O)CN(c2ccccc2F)S(=O)(=O)c2ccc(OC)c(OC)c2)cc1Cl. The van der Waals surface area contributed by atoms with Crippen molar-refractivity contribution in [3.63, 3.8) is 0 Å². The van der Waals surface area contributed by atoms with Crippen LogP contribution in [0.1, 0.15) is 17.3 Å². The minimum Gasteiger partial charge on any atom is -0.493 e. The van der Waals surface area contributed by atoms with Crippen LogP contribution in [0.2, 0.25) is 5.02 Å². The highest BCUT2D eigenvalue weighted by Gasteiger charge is 2.30. The standard InChI is InChI=1S/C25H24ClFN2O7S/c1-4-36-25(31)18-11-9-16(13-19(18)26)28-24(30)15-29(21-8-6-5-7-20(21)27)37(32,33)17-10-12-22(34-2)23(14-17)35-3/h5-14H,4,15H2,1-3H3,(H,28,30). The lowest BCUT2D eigenvalue weighted by molar-refractivity contribution is -0.114. The Morgan fingerprint density at radius 2 is 1.70 bits per heavy atom. The maximum atomic E-state index is 14.7. The number of halogens is 2. The van der Waals surface area contributed by atoms with Gasteiger partial charge in [0.05, 0.1) is 42.0 Å². The molecule has 3 rings (SSSR count). The van der Waals surface area contributed by atoms with E-state index in [2.05, 4.69) is 5.32 Å². The van der Waals surface area contributed by atoms with Crippen LogP contribution in [-0.2, 0) is 19.6 Å². The molecule has 0 aliphatic rings. The summed E-state index contributed by atoms with van der Waals surface area (Å²) in [6.07, 6.45) is 0. The molecule has 0 unspecified atom stereocenters. The van der Waals surface area contributed by atoms with E-state index in [1.807, 2.05) is 0 Å². The van der Waals surface area contributed by atoms with E-state index in [-0.39, 0.29) is 39.2 Å². The second kappa shape index (κ2) is 11.9. The van der Waals surface area contributed by atoms with Gasteiger partial charge in [-0.15, -0.1) is 0 Å². The zero-order valence-electron chi connectivity index (χ0n) is 20.2. The molecule has 12 heteroatoms. The summed E-state index contributed by atoms with van der Waals surface area (Å²) in [5, 5.41) is 2.54. The molecule has 0 aromatic heterocycles. The number of esters is 1. The number of hydrogen-bond acceptors (Lipinski definition) is 7. The molecular weight excluding hydrogens is 527 g/mol. The Balaban J connectivity index is 1.94. The topological polar surface area (TPSA) is 111 Å². The van der Waals surface area contributed by atoms with Gasteiger partial charge in [-0.05, 0) is 49.4 Å². The molecule has 196 valence electrons. The molecule has 0 aliphatic carbocycles. The number of hydrogen-bond donors (Lipinski definition) is 1. The monoisotopic (exact) mass is 550 g/mol. The molecule has 0 saturated heterocycles. The Morgan fingerprint density at radius 1 is 1.00 bits per heavy atom. The van der Waals surface area contributed by atoms with E-state index in [1.165, 1.54) is 68.8 Å². The van der Waals surface area contributed by atoms with Gasteiger partial charge in [-0.25, -0.2) is 17.6 Å². The van der Waals surface area contributed by atoms with Crippen molar-refractivity contribution in [3.8, 4) is 11.5 Å². The van der Waals surface area contributed by atoms with E-state index in [4.69, 9.17) is 25.8 Å². The fourth-order valence-electron chi connectivity index (χ4n) is 3.36. The maximum absolute atomic E-state index is 14.7. The van der Waals surface area contributed by atoms with Crippen LogP contribution in [0.4, 0.5) is 15.8 Å². The van der Waals surface area contributed by atoms with Crippen LogP contribution in [-0.4, -0.2) is 47.7 Å². The van der Waals surface area contributed by atoms with Crippen LogP contribution >= 0.6 is 11.6 Å². The number of ether oxygens (including phenoxy) is 3. The van der Waals surface area contributed by atoms with E-state index < -0.39 is 34.3 Å². The van der Waals surface area contributed by atoms with Crippen molar-refractivity contribution in [1.82, 2.24) is 0 Å². The largest absolute Gasteiger partial charge is 0.493 e. The molecule has 0 spiro atoms. The summed E-state index contributed by atoms with van der Waals surface area (Å²) in [7, 11) is -1.71. The number of amides is 1. The molecule has 1 N–H and O–H groups in total. The molecule has 0 bridgehead atoms. The maximum Gasteiger partial charge on any atom is 0.339 e. The molecule has 0 heterocycles. The average Bonchev–Trinajstić information content (AvgIpc) is 2.87. The van der Waals surface area contributed by atoms with Crippen molar-refractivity contribution < 1.29 is 36.6 Å². The molecule has 0 aliphatic heterocycles. The number of para-hydroxylation sites is 1. The number of benzene rings is 3. The van der Waals surface area contributed by atoms with E-state index in [0.717, 1.165) is 6.07 Å². The Bertz CT molecular complexity index is 1420. The minimum atomic E-state index is -4.44. The number of carbonyl (C=O) groups excluding carboxylic acids is 2. The third-order valence-electron chi connectivity index (χ3n) is 5.10. The summed E-state index contributed by atoms with van der Waals surface area (Å²) in [5.41, 5.74) is -0.0336. The van der Waals surface area contributed by atoms with Crippen LogP contribution in [0.15, 0.2) is 65.6 Å². The Hall–Kier alpha value is -3.83. The molecule has 9 nitrogen and oxygen atoms in total. The number of anilines is 2. The van der Waals surface area contributed by atoms with E-state index in [1.54, 1.807) is 6.92 Å². The molecule has 3 aromatic carbocycles. The first kappa shape index (κ1) is 27.8. The quantitative estimate of drug-likeness (QED) is 0.370. The van der Waals surface area contributed by atoms with Gasteiger partial charge in [0.15, 0.2) is 11.5 Å². The highest BCUT2D eigenvalue weighted by Crippen LogP contribution is 2.33. The summed E-state index contributed by atoms with van der Waals surface area (Å²) in [5.74, 6) is -1.83. The molecule has 3 aromatic rings. The summed E-state index contributed by atoms with van der Waals surface area (Å²) in [4.78, 5) is 24.6. The Kier molecular flexibility index (Phi) is 8.95. The van der Waals surface area contributed by atoms with Crippen LogP contribution in [0.5, 0.6) is 11.5 Å². The first-order chi connectivity index (χ1) is 17.6. The van der Waals surface area contributed by atoms with E-state index >= 15 is 0 Å². The molecule has 0 radical (unpaired) electrons. The zero-order chi connectivity index (χ0) is 27.2. The lowest BCUT2D eigenvalue weighted by Crippen LogP contribution is -2.38. The third kappa shape index (κ3) is 6.30. The van der Waals surface area contributed by atoms with Crippen molar-refractivity contribution in [2.45, 2.75) is 11.8 Å². The number of nitrogens with zero attached hydrogens (tertiary/aromatic N) is 1. The third-order valence-corrected chi connectivity index (χ3v) is 7.17. The van der Waals surface area contributed by atoms with Crippen LogP contribution in [0, 0.1) is 5.82 Å². The van der Waals surface area contributed by atoms with E-state index in [0.29, 0.717) is 10.1 Å². The molecule has 1 amide bonds. The van der Waals surface area contributed by atoms with Gasteiger partial charge in [0.2, 0.25) is 5.91 Å². The van der Waals surface area contributed by atoms with Gasteiger partial charge in [-0.2, -0.15) is 0 Å². The smallest absolute Gasteiger partial charge is 0.339 e. The predicted molar refractivity (Wildman–Crippen MR) is 137 cm³/mol. The Labute approximate surface area is 218 Å². The fraction of sp³-hybridized carbons (Fsp3) is 0.200. The summed E-state index contributed by atoms with van der Waals surface area (Å²) < 4.78 is 57.8. The van der Waals surface area contributed by atoms with Crippen molar-refractivity contribution in [2.75, 3.05) is 37.0 Å². The van der Waals surface area contributed by atoms with Crippen molar-refractivity contribution in [3.05, 3.63) is 77.1 Å². The van der Waals surface area contributed by atoms with Crippen LogP contribution in [0.25, 0.3) is 0 Å². The van der Waals surface area contributed by atoms with Gasteiger partial charge in [0.25, 0.3) is 10.0 Å². The lowest BCUT2D eigenvalue weighted by atomic mass is 10.2. The fourth-order valence-corrected chi connectivity index (χ4v) is 5.06. The number of methoxy groups -OCH3 is 2. The van der Waals surface area contributed by atoms with Crippen LogP contribution < -0.4 is 19.1 Å². The van der Waals surface area contributed by atoms with Gasteiger partial charge in [0.1, 0.15) is 12.4 Å². The van der Waals surface area contributed by atoms with Crippen molar-refractivity contribution >= 4 is 44.9 Å². The van der Waals surface area contributed by atoms with Gasteiger partial charge in [0, 0.05) is 11.8 Å². The van der Waals surface area contributed by atoms with Gasteiger partial charge in [-0.1, -0.05) is 23.7 Å².